The Bertz CT molecular complexity index is 178. The third-order valence-electron chi connectivity index (χ3n) is 2.16. The van der Waals surface area contributed by atoms with Crippen LogP contribution in [0.4, 0.5) is 4.39 Å². The van der Waals surface area contributed by atoms with Gasteiger partial charge in [0.1, 0.15) is 6.67 Å². The lowest BCUT2D eigenvalue weighted by atomic mass is 9.94. The maximum atomic E-state index is 11.7. The van der Waals surface area contributed by atoms with Crippen molar-refractivity contribution in [2.45, 2.75) is 19.8 Å². The molecule has 0 aliphatic heterocycles. The van der Waals surface area contributed by atoms with E-state index in [0.717, 1.165) is 0 Å². The van der Waals surface area contributed by atoms with E-state index in [1.54, 1.807) is 0 Å². The van der Waals surface area contributed by atoms with Crippen LogP contribution in [-0.4, -0.2) is 37.5 Å². The summed E-state index contributed by atoms with van der Waals surface area (Å²) in [5.41, 5.74) is 5.46. The normalized spacial score (nSPS) is 14.9. The molecule has 90 valence electrons. The highest BCUT2D eigenvalue weighted by Gasteiger charge is 2.15. The fourth-order valence-electron chi connectivity index (χ4n) is 1.49. The van der Waals surface area contributed by atoms with Crippen LogP contribution in [0.15, 0.2) is 0 Å². The molecule has 2 atom stereocenters. The molecule has 0 saturated carbocycles. The minimum absolute atomic E-state index is 0.0218. The first kappa shape index (κ1) is 14.3. The van der Waals surface area contributed by atoms with E-state index in [9.17, 15) is 9.18 Å². The summed E-state index contributed by atoms with van der Waals surface area (Å²) < 4.78 is 16.8. The van der Waals surface area contributed by atoms with Gasteiger partial charge >= 0.3 is 5.97 Å². The number of ether oxygens (including phenoxy) is 1. The Labute approximate surface area is 89.6 Å². The number of hydrogen-bond acceptors (Lipinski definition) is 3. The lowest BCUT2D eigenvalue weighted by Gasteiger charge is -2.17. The standard InChI is InChI=1S/C10H20FNO3/c1-8(7-15-3-2-11)4-9(6-12)5-10(13)14/h8-9H,2-7,12H2,1H3,(H,13,14)/t8?,9-/m0/s1. The number of alkyl halides is 1. The van der Waals surface area contributed by atoms with Gasteiger partial charge in [-0.3, -0.25) is 4.79 Å². The van der Waals surface area contributed by atoms with E-state index >= 15 is 0 Å². The molecule has 0 radical (unpaired) electrons. The van der Waals surface area contributed by atoms with E-state index in [-0.39, 0.29) is 24.9 Å². The molecule has 0 amide bonds. The van der Waals surface area contributed by atoms with Crippen molar-refractivity contribution < 1.29 is 19.0 Å². The van der Waals surface area contributed by atoms with Crippen molar-refractivity contribution >= 4 is 5.97 Å². The van der Waals surface area contributed by atoms with E-state index < -0.39 is 12.6 Å². The largest absolute Gasteiger partial charge is 0.481 e. The molecule has 1 unspecified atom stereocenters. The second-order valence-electron chi connectivity index (χ2n) is 3.80. The van der Waals surface area contributed by atoms with Gasteiger partial charge < -0.3 is 15.6 Å². The molecule has 0 aromatic heterocycles. The van der Waals surface area contributed by atoms with Crippen molar-refractivity contribution in [3.05, 3.63) is 0 Å². The number of rotatable bonds is 9. The molecule has 0 aliphatic rings. The van der Waals surface area contributed by atoms with Gasteiger partial charge in [-0.2, -0.15) is 0 Å². The van der Waals surface area contributed by atoms with Crippen LogP contribution in [0.25, 0.3) is 0 Å². The molecule has 0 bridgehead atoms. The smallest absolute Gasteiger partial charge is 0.303 e. The first-order chi connectivity index (χ1) is 7.10. The number of hydrogen-bond donors (Lipinski definition) is 2. The van der Waals surface area contributed by atoms with Gasteiger partial charge in [0.25, 0.3) is 0 Å². The molecule has 15 heavy (non-hydrogen) atoms. The van der Waals surface area contributed by atoms with E-state index in [1.807, 2.05) is 6.92 Å². The predicted molar refractivity (Wildman–Crippen MR) is 55.4 cm³/mol. The number of carboxylic acid groups (broad SMARTS) is 1. The summed E-state index contributed by atoms with van der Waals surface area (Å²) in [4.78, 5) is 10.5. The third kappa shape index (κ3) is 8.32. The molecule has 0 rings (SSSR count). The molecule has 0 heterocycles. The van der Waals surface area contributed by atoms with Gasteiger partial charge in [-0.05, 0) is 24.8 Å². The monoisotopic (exact) mass is 221 g/mol. The number of carbonyl (C=O) groups is 1. The summed E-state index contributed by atoms with van der Waals surface area (Å²) >= 11 is 0. The molecule has 4 nitrogen and oxygen atoms in total. The Balaban J connectivity index is 3.69. The summed E-state index contributed by atoms with van der Waals surface area (Å²) in [7, 11) is 0. The molecular weight excluding hydrogens is 201 g/mol. The molecular formula is C10H20FNO3. The quantitative estimate of drug-likeness (QED) is 0.571. The Hall–Kier alpha value is -0.680. The number of nitrogens with two attached hydrogens (primary N) is 1. The third-order valence-corrected chi connectivity index (χ3v) is 2.16. The SMILES string of the molecule is CC(COCCF)C[C@H](CN)CC(=O)O. The Morgan fingerprint density at radius 2 is 2.27 bits per heavy atom. The van der Waals surface area contributed by atoms with Gasteiger partial charge in [-0.1, -0.05) is 6.92 Å². The first-order valence-corrected chi connectivity index (χ1v) is 5.15. The van der Waals surface area contributed by atoms with Crippen molar-refractivity contribution in [1.82, 2.24) is 0 Å². The van der Waals surface area contributed by atoms with Gasteiger partial charge in [-0.15, -0.1) is 0 Å². The van der Waals surface area contributed by atoms with E-state index in [1.165, 1.54) is 0 Å². The maximum absolute atomic E-state index is 11.7. The van der Waals surface area contributed by atoms with E-state index in [2.05, 4.69) is 0 Å². The summed E-state index contributed by atoms with van der Waals surface area (Å²) in [6, 6.07) is 0. The molecule has 0 aliphatic carbocycles. The average molecular weight is 221 g/mol. The van der Waals surface area contributed by atoms with Crippen molar-refractivity contribution in [2.24, 2.45) is 17.6 Å². The highest BCUT2D eigenvalue weighted by atomic mass is 19.1. The minimum atomic E-state index is -0.831. The number of carboxylic acids is 1. The highest BCUT2D eigenvalue weighted by Crippen LogP contribution is 2.15. The van der Waals surface area contributed by atoms with Crippen molar-refractivity contribution in [2.75, 3.05) is 26.4 Å². The summed E-state index contributed by atoms with van der Waals surface area (Å²) in [6.45, 7) is 2.39. The lowest BCUT2D eigenvalue weighted by Crippen LogP contribution is -2.22. The number of halogens is 1. The van der Waals surface area contributed by atoms with Crippen LogP contribution in [0.5, 0.6) is 0 Å². The second-order valence-corrected chi connectivity index (χ2v) is 3.80. The van der Waals surface area contributed by atoms with Crippen molar-refractivity contribution in [3.8, 4) is 0 Å². The van der Waals surface area contributed by atoms with Crippen molar-refractivity contribution in [1.29, 1.82) is 0 Å². The number of aliphatic carboxylic acids is 1. The zero-order chi connectivity index (χ0) is 11.7. The topological polar surface area (TPSA) is 72.5 Å². The molecule has 5 heteroatoms. The molecule has 0 spiro atoms. The average Bonchev–Trinajstić information content (AvgIpc) is 2.16. The fourth-order valence-corrected chi connectivity index (χ4v) is 1.49. The molecule has 0 aromatic carbocycles. The second kappa shape index (κ2) is 8.61. The zero-order valence-corrected chi connectivity index (χ0v) is 9.12. The predicted octanol–water partition coefficient (Wildman–Crippen LogP) is 1.05. The van der Waals surface area contributed by atoms with Gasteiger partial charge in [0.05, 0.1) is 6.61 Å². The molecule has 0 saturated heterocycles. The summed E-state index contributed by atoms with van der Waals surface area (Å²) in [5, 5.41) is 8.61. The highest BCUT2D eigenvalue weighted by molar-refractivity contribution is 5.67. The Morgan fingerprint density at radius 1 is 1.60 bits per heavy atom. The van der Waals surface area contributed by atoms with Crippen molar-refractivity contribution in [3.63, 3.8) is 0 Å². The van der Waals surface area contributed by atoms with Crippen LogP contribution in [0.2, 0.25) is 0 Å². The van der Waals surface area contributed by atoms with Crippen LogP contribution in [-0.2, 0) is 9.53 Å². The van der Waals surface area contributed by atoms with E-state index in [4.69, 9.17) is 15.6 Å². The minimum Gasteiger partial charge on any atom is -0.481 e. The zero-order valence-electron chi connectivity index (χ0n) is 9.12. The molecule has 0 aromatic rings. The van der Waals surface area contributed by atoms with Crippen LogP contribution in [0.1, 0.15) is 19.8 Å². The molecule has 3 N–H and O–H groups in total. The van der Waals surface area contributed by atoms with Crippen LogP contribution < -0.4 is 5.73 Å². The van der Waals surface area contributed by atoms with Gasteiger partial charge in [-0.25, -0.2) is 4.39 Å². The Kier molecular flexibility index (Phi) is 8.22. The van der Waals surface area contributed by atoms with Gasteiger partial charge in [0.2, 0.25) is 0 Å². The summed E-state index contributed by atoms with van der Waals surface area (Å²) in [6.07, 6.45) is 0.791. The maximum Gasteiger partial charge on any atom is 0.303 e. The van der Waals surface area contributed by atoms with Crippen LogP contribution in [0, 0.1) is 11.8 Å². The van der Waals surface area contributed by atoms with Crippen LogP contribution >= 0.6 is 0 Å². The lowest BCUT2D eigenvalue weighted by molar-refractivity contribution is -0.138. The Morgan fingerprint density at radius 3 is 2.73 bits per heavy atom. The molecule has 0 fully saturated rings. The fraction of sp³-hybridized carbons (Fsp3) is 0.900. The van der Waals surface area contributed by atoms with Gasteiger partial charge in [0.15, 0.2) is 0 Å². The van der Waals surface area contributed by atoms with Gasteiger partial charge in [0, 0.05) is 13.0 Å². The van der Waals surface area contributed by atoms with E-state index in [0.29, 0.717) is 19.6 Å². The summed E-state index contributed by atoms with van der Waals surface area (Å²) in [5.74, 6) is -0.641. The van der Waals surface area contributed by atoms with Crippen LogP contribution in [0.3, 0.4) is 0 Å². The first-order valence-electron chi connectivity index (χ1n) is 5.15.